The lowest BCUT2D eigenvalue weighted by Gasteiger charge is -2.26. The van der Waals surface area contributed by atoms with Gasteiger partial charge in [-0.15, -0.1) is 11.3 Å². The molecule has 1 atom stereocenters. The fraction of sp³-hybridized carbons (Fsp3) is 0.500. The third-order valence-corrected chi connectivity index (χ3v) is 5.46. The summed E-state index contributed by atoms with van der Waals surface area (Å²) in [4.78, 5) is 16.9. The van der Waals surface area contributed by atoms with Crippen molar-refractivity contribution in [2.24, 2.45) is 17.6 Å². The van der Waals surface area contributed by atoms with Gasteiger partial charge in [-0.25, -0.2) is 4.98 Å². The van der Waals surface area contributed by atoms with Gasteiger partial charge in [-0.2, -0.15) is 0 Å². The zero-order valence-electron chi connectivity index (χ0n) is 15.4. The average molecular weight is 374 g/mol. The highest BCUT2D eigenvalue weighted by atomic mass is 32.1. The van der Waals surface area contributed by atoms with E-state index in [1.54, 1.807) is 0 Å². The molecule has 0 bridgehead atoms. The van der Waals surface area contributed by atoms with Gasteiger partial charge >= 0.3 is 0 Å². The molecule has 26 heavy (non-hydrogen) atoms. The number of nitrogens with two attached hydrogens (primary N) is 1. The maximum Gasteiger partial charge on any atom is 0.243 e. The smallest absolute Gasteiger partial charge is 0.243 e. The minimum Gasteiger partial charge on any atom is -0.381 e. The first kappa shape index (κ1) is 19.0. The van der Waals surface area contributed by atoms with Gasteiger partial charge < -0.3 is 15.8 Å². The van der Waals surface area contributed by atoms with Crippen LogP contribution < -0.4 is 11.1 Å². The van der Waals surface area contributed by atoms with E-state index < -0.39 is 6.04 Å². The lowest BCUT2D eigenvalue weighted by atomic mass is 9.92. The Bertz CT molecular complexity index is 721. The Kier molecular flexibility index (Phi) is 6.40. The lowest BCUT2D eigenvalue weighted by molar-refractivity contribution is -0.119. The number of nitrogens with one attached hydrogen (secondary N) is 1. The zero-order chi connectivity index (χ0) is 18.5. The third kappa shape index (κ3) is 4.90. The SMILES string of the molecule is CC(C)Cc1ccc(-c2csc(NC(=O)C(N)C3CCOCC3)n2)cc1. The van der Waals surface area contributed by atoms with Gasteiger partial charge in [-0.3, -0.25) is 4.79 Å². The number of aromatic nitrogens is 1. The Hall–Kier alpha value is -1.76. The number of rotatable bonds is 6. The summed E-state index contributed by atoms with van der Waals surface area (Å²) < 4.78 is 5.33. The first-order valence-electron chi connectivity index (χ1n) is 9.22. The first-order chi connectivity index (χ1) is 12.5. The van der Waals surface area contributed by atoms with Crippen LogP contribution in [0.5, 0.6) is 0 Å². The van der Waals surface area contributed by atoms with E-state index in [1.807, 2.05) is 5.38 Å². The van der Waals surface area contributed by atoms with Crippen LogP contribution in [0.3, 0.4) is 0 Å². The molecule has 0 spiro atoms. The van der Waals surface area contributed by atoms with E-state index in [1.165, 1.54) is 16.9 Å². The highest BCUT2D eigenvalue weighted by Crippen LogP contribution is 2.26. The second-order valence-electron chi connectivity index (χ2n) is 7.30. The van der Waals surface area contributed by atoms with E-state index in [4.69, 9.17) is 10.5 Å². The highest BCUT2D eigenvalue weighted by Gasteiger charge is 2.27. The summed E-state index contributed by atoms with van der Waals surface area (Å²) in [6, 6.07) is 7.96. The number of carbonyl (C=O) groups excluding carboxylic acids is 1. The molecule has 1 unspecified atom stereocenters. The van der Waals surface area contributed by atoms with Crippen molar-refractivity contribution in [3.8, 4) is 11.3 Å². The Morgan fingerprint density at radius 2 is 2.00 bits per heavy atom. The predicted molar refractivity (Wildman–Crippen MR) is 106 cm³/mol. The molecule has 2 aromatic rings. The molecule has 1 saturated heterocycles. The van der Waals surface area contributed by atoms with E-state index in [0.29, 0.717) is 24.3 Å². The summed E-state index contributed by atoms with van der Waals surface area (Å²) in [6.07, 6.45) is 2.74. The molecule has 3 N–H and O–H groups in total. The monoisotopic (exact) mass is 373 g/mol. The van der Waals surface area contributed by atoms with Crippen LogP contribution >= 0.6 is 11.3 Å². The van der Waals surface area contributed by atoms with E-state index in [0.717, 1.165) is 30.5 Å². The van der Waals surface area contributed by atoms with E-state index in [2.05, 4.69) is 48.4 Å². The molecule has 1 aliphatic rings. The number of nitrogens with zero attached hydrogens (tertiary/aromatic N) is 1. The van der Waals surface area contributed by atoms with Gasteiger partial charge in [0.15, 0.2) is 5.13 Å². The van der Waals surface area contributed by atoms with Crippen molar-refractivity contribution >= 4 is 22.4 Å². The number of ether oxygens (including phenoxy) is 1. The van der Waals surface area contributed by atoms with Crippen LogP contribution in [0, 0.1) is 11.8 Å². The third-order valence-electron chi connectivity index (χ3n) is 4.70. The van der Waals surface area contributed by atoms with Gasteiger partial charge in [0, 0.05) is 24.2 Å². The van der Waals surface area contributed by atoms with Crippen molar-refractivity contribution in [1.29, 1.82) is 0 Å². The molecule has 5 nitrogen and oxygen atoms in total. The average Bonchev–Trinajstić information content (AvgIpc) is 3.10. The minimum atomic E-state index is -0.512. The van der Waals surface area contributed by atoms with Crippen molar-refractivity contribution in [1.82, 2.24) is 4.98 Å². The van der Waals surface area contributed by atoms with E-state index in [-0.39, 0.29) is 11.8 Å². The Morgan fingerprint density at radius 3 is 2.65 bits per heavy atom. The Balaban J connectivity index is 1.61. The number of hydrogen-bond acceptors (Lipinski definition) is 5. The summed E-state index contributed by atoms with van der Waals surface area (Å²) in [5, 5.41) is 5.43. The van der Waals surface area contributed by atoms with Gasteiger partial charge in [0.05, 0.1) is 11.7 Å². The summed E-state index contributed by atoms with van der Waals surface area (Å²) in [5.41, 5.74) is 9.39. The van der Waals surface area contributed by atoms with Gasteiger partial charge in [0.2, 0.25) is 5.91 Å². The molecule has 1 fully saturated rings. The zero-order valence-corrected chi connectivity index (χ0v) is 16.2. The van der Waals surface area contributed by atoms with Crippen LogP contribution in [0.1, 0.15) is 32.3 Å². The minimum absolute atomic E-state index is 0.162. The number of hydrogen-bond donors (Lipinski definition) is 2. The first-order valence-corrected chi connectivity index (χ1v) is 10.1. The number of benzene rings is 1. The quantitative estimate of drug-likeness (QED) is 0.809. The number of thiazole rings is 1. The van der Waals surface area contributed by atoms with Crippen LogP contribution in [0.25, 0.3) is 11.3 Å². The van der Waals surface area contributed by atoms with Crippen molar-refractivity contribution in [2.75, 3.05) is 18.5 Å². The topological polar surface area (TPSA) is 77.2 Å². The Morgan fingerprint density at radius 1 is 1.31 bits per heavy atom. The second kappa shape index (κ2) is 8.75. The van der Waals surface area contributed by atoms with Gasteiger partial charge in [-0.1, -0.05) is 38.1 Å². The molecular weight excluding hydrogens is 346 g/mol. The molecular formula is C20H27N3O2S. The molecule has 0 radical (unpaired) electrons. The molecule has 6 heteroatoms. The van der Waals surface area contributed by atoms with Crippen molar-refractivity contribution in [3.63, 3.8) is 0 Å². The van der Waals surface area contributed by atoms with Gasteiger partial charge in [0.25, 0.3) is 0 Å². The highest BCUT2D eigenvalue weighted by molar-refractivity contribution is 7.14. The maximum absolute atomic E-state index is 12.4. The normalized spacial score (nSPS) is 16.6. The molecule has 1 aromatic heterocycles. The molecule has 2 heterocycles. The number of anilines is 1. The lowest BCUT2D eigenvalue weighted by Crippen LogP contribution is -2.43. The summed E-state index contributed by atoms with van der Waals surface area (Å²) >= 11 is 1.43. The van der Waals surface area contributed by atoms with Crippen LogP contribution in [0.4, 0.5) is 5.13 Å². The molecule has 3 rings (SSSR count). The van der Waals surface area contributed by atoms with Crippen LogP contribution in [0.2, 0.25) is 0 Å². The fourth-order valence-corrected chi connectivity index (χ4v) is 3.95. The molecule has 1 amide bonds. The van der Waals surface area contributed by atoms with E-state index >= 15 is 0 Å². The van der Waals surface area contributed by atoms with Crippen molar-refractivity contribution in [3.05, 3.63) is 35.2 Å². The Labute approximate surface area is 159 Å². The van der Waals surface area contributed by atoms with Crippen molar-refractivity contribution in [2.45, 2.75) is 39.2 Å². The number of amides is 1. The van der Waals surface area contributed by atoms with Crippen molar-refractivity contribution < 1.29 is 9.53 Å². The number of carbonyl (C=O) groups is 1. The predicted octanol–water partition coefficient (Wildman–Crippen LogP) is 3.70. The second-order valence-corrected chi connectivity index (χ2v) is 8.16. The molecule has 0 aliphatic carbocycles. The standard InChI is InChI=1S/C20H27N3O2S/c1-13(2)11-14-3-5-15(6-4-14)17-12-26-20(22-17)23-19(24)18(21)16-7-9-25-10-8-16/h3-6,12-13,16,18H,7-11,21H2,1-2H3,(H,22,23,24). The molecule has 1 aromatic carbocycles. The summed E-state index contributed by atoms with van der Waals surface area (Å²) in [6.45, 7) is 5.79. The van der Waals surface area contributed by atoms with Gasteiger partial charge in [0.1, 0.15) is 0 Å². The molecule has 0 saturated carbocycles. The maximum atomic E-state index is 12.4. The van der Waals surface area contributed by atoms with Gasteiger partial charge in [-0.05, 0) is 36.7 Å². The fourth-order valence-electron chi connectivity index (χ4n) is 3.22. The largest absolute Gasteiger partial charge is 0.381 e. The van der Waals surface area contributed by atoms with Crippen LogP contribution in [-0.2, 0) is 16.0 Å². The van der Waals surface area contributed by atoms with E-state index in [9.17, 15) is 4.79 Å². The molecule has 140 valence electrons. The summed E-state index contributed by atoms with van der Waals surface area (Å²) in [7, 11) is 0. The van der Waals surface area contributed by atoms with Crippen LogP contribution in [0.15, 0.2) is 29.6 Å². The van der Waals surface area contributed by atoms with Crippen LogP contribution in [-0.4, -0.2) is 30.1 Å². The summed E-state index contributed by atoms with van der Waals surface area (Å²) in [5.74, 6) is 0.656. The molecule has 1 aliphatic heterocycles.